The molecule has 1 fully saturated rings. The molecule has 0 heterocycles. The molecule has 0 radical (unpaired) electrons. The Morgan fingerprint density at radius 3 is 1.95 bits per heavy atom. The average Bonchev–Trinajstić information content (AvgIpc) is 2.94. The van der Waals surface area contributed by atoms with Crippen molar-refractivity contribution in [1.82, 2.24) is 5.32 Å². The first kappa shape index (κ1) is 32.1. The number of aliphatic carboxylic acids is 1. The Morgan fingerprint density at radius 1 is 0.857 bits per heavy atom. The number of carbonyl (C=O) groups excluding carboxylic acids is 2. The maximum Gasteiger partial charge on any atom is 0.490 e. The fraction of sp³-hybridized carbons (Fsp3) is 0.323. The number of anilines is 2. The summed E-state index contributed by atoms with van der Waals surface area (Å²) in [5, 5.41) is 16.4. The molecular weight excluding hydrogens is 554 g/mol. The molecule has 4 rings (SSSR count). The molecule has 2 amide bonds. The number of halogens is 4. The maximum atomic E-state index is 14.7. The molecule has 42 heavy (non-hydrogen) atoms. The van der Waals surface area contributed by atoms with E-state index >= 15 is 0 Å². The van der Waals surface area contributed by atoms with E-state index in [1.807, 2.05) is 55.5 Å². The summed E-state index contributed by atoms with van der Waals surface area (Å²) >= 11 is 0. The SMILES string of the molecule is CC(=O)Nc1ccc(-c2ccc(F)c(CNC(=O)C3(Nc4ccc(C)cc4)CCCCC3)c2)cc1.O=C(O)C(F)(F)F. The van der Waals surface area contributed by atoms with E-state index in [0.29, 0.717) is 11.3 Å². The highest BCUT2D eigenvalue weighted by Crippen LogP contribution is 2.32. The molecule has 224 valence electrons. The van der Waals surface area contributed by atoms with Crippen molar-refractivity contribution in [3.05, 3.63) is 83.7 Å². The van der Waals surface area contributed by atoms with Crippen LogP contribution >= 0.6 is 0 Å². The highest BCUT2D eigenvalue weighted by atomic mass is 19.4. The quantitative estimate of drug-likeness (QED) is 0.227. The summed E-state index contributed by atoms with van der Waals surface area (Å²) < 4.78 is 46.4. The number of carboxylic acid groups (broad SMARTS) is 1. The number of rotatable bonds is 7. The lowest BCUT2D eigenvalue weighted by Crippen LogP contribution is -2.53. The van der Waals surface area contributed by atoms with Crippen LogP contribution in [0.4, 0.5) is 28.9 Å². The molecule has 11 heteroatoms. The summed E-state index contributed by atoms with van der Waals surface area (Å²) in [5.41, 5.74) is 4.27. The van der Waals surface area contributed by atoms with Crippen LogP contribution in [0, 0.1) is 12.7 Å². The van der Waals surface area contributed by atoms with Gasteiger partial charge >= 0.3 is 12.1 Å². The van der Waals surface area contributed by atoms with Gasteiger partial charge in [-0.05, 0) is 67.3 Å². The van der Waals surface area contributed by atoms with Crippen molar-refractivity contribution in [3.63, 3.8) is 0 Å². The lowest BCUT2D eigenvalue weighted by Gasteiger charge is -2.37. The fourth-order valence-corrected chi connectivity index (χ4v) is 4.66. The van der Waals surface area contributed by atoms with Crippen LogP contribution in [-0.4, -0.2) is 34.6 Å². The van der Waals surface area contributed by atoms with Gasteiger partial charge in [0, 0.05) is 30.4 Å². The standard InChI is InChI=1S/C29H32FN3O2.C2HF3O2/c1-20-6-11-26(12-7-20)33-29(16-4-3-5-17-29)28(35)31-19-24-18-23(10-15-27(24)30)22-8-13-25(14-9-22)32-21(2)34;3-2(4,5)1(6)7/h6-15,18,33H,3-5,16-17,19H2,1-2H3,(H,31,35)(H,32,34);(H,6,7). The number of aryl methyl sites for hydroxylation is 1. The van der Waals surface area contributed by atoms with Gasteiger partial charge in [-0.1, -0.05) is 55.2 Å². The lowest BCUT2D eigenvalue weighted by atomic mass is 9.80. The van der Waals surface area contributed by atoms with E-state index in [1.54, 1.807) is 12.1 Å². The molecule has 3 aromatic carbocycles. The Hall–Kier alpha value is -4.41. The number of benzene rings is 3. The van der Waals surface area contributed by atoms with Crippen molar-refractivity contribution in [2.24, 2.45) is 0 Å². The first-order chi connectivity index (χ1) is 19.8. The zero-order chi connectivity index (χ0) is 30.9. The van der Waals surface area contributed by atoms with Crippen molar-refractivity contribution in [2.45, 2.75) is 64.2 Å². The first-order valence-corrected chi connectivity index (χ1v) is 13.4. The Balaban J connectivity index is 0.000000616. The molecule has 1 saturated carbocycles. The number of nitrogens with one attached hydrogen (secondary N) is 3. The summed E-state index contributed by atoms with van der Waals surface area (Å²) in [6.45, 7) is 3.61. The minimum absolute atomic E-state index is 0.0951. The van der Waals surface area contributed by atoms with Crippen molar-refractivity contribution in [3.8, 4) is 11.1 Å². The van der Waals surface area contributed by atoms with E-state index in [1.165, 1.54) is 13.0 Å². The average molecular weight is 588 g/mol. The molecule has 0 saturated heterocycles. The number of carboxylic acids is 1. The fourth-order valence-electron chi connectivity index (χ4n) is 4.66. The Labute approximate surface area is 241 Å². The molecule has 7 nitrogen and oxygen atoms in total. The van der Waals surface area contributed by atoms with Crippen LogP contribution in [-0.2, 0) is 20.9 Å². The van der Waals surface area contributed by atoms with Gasteiger partial charge in [0.05, 0.1) is 0 Å². The molecule has 3 aromatic rings. The van der Waals surface area contributed by atoms with Crippen molar-refractivity contribution < 1.29 is 37.1 Å². The summed E-state index contributed by atoms with van der Waals surface area (Å²) in [7, 11) is 0. The molecule has 4 N–H and O–H groups in total. The van der Waals surface area contributed by atoms with Gasteiger partial charge in [-0.25, -0.2) is 9.18 Å². The van der Waals surface area contributed by atoms with E-state index in [9.17, 15) is 27.2 Å². The third-order valence-electron chi connectivity index (χ3n) is 6.84. The molecule has 0 unspecified atom stereocenters. The zero-order valence-corrected chi connectivity index (χ0v) is 23.3. The number of alkyl halides is 3. The number of hydrogen-bond donors (Lipinski definition) is 4. The predicted molar refractivity (Wildman–Crippen MR) is 152 cm³/mol. The van der Waals surface area contributed by atoms with Crippen LogP contribution in [0.25, 0.3) is 11.1 Å². The van der Waals surface area contributed by atoms with E-state index in [4.69, 9.17) is 9.90 Å². The van der Waals surface area contributed by atoms with Gasteiger partial charge in [0.25, 0.3) is 0 Å². The Kier molecular flexibility index (Phi) is 10.7. The minimum Gasteiger partial charge on any atom is -0.475 e. The summed E-state index contributed by atoms with van der Waals surface area (Å²) in [5.74, 6) is -3.34. The predicted octanol–water partition coefficient (Wildman–Crippen LogP) is 6.82. The van der Waals surface area contributed by atoms with Crippen molar-refractivity contribution >= 4 is 29.2 Å². The first-order valence-electron chi connectivity index (χ1n) is 13.4. The second kappa shape index (κ2) is 14.0. The zero-order valence-electron chi connectivity index (χ0n) is 23.3. The van der Waals surface area contributed by atoms with E-state index in [2.05, 4.69) is 16.0 Å². The second-order valence-corrected chi connectivity index (χ2v) is 10.2. The molecule has 0 spiro atoms. The number of hydrogen-bond acceptors (Lipinski definition) is 4. The number of amides is 2. The summed E-state index contributed by atoms with van der Waals surface area (Å²) in [6, 6.07) is 20.3. The van der Waals surface area contributed by atoms with Gasteiger partial charge in [0.1, 0.15) is 11.4 Å². The van der Waals surface area contributed by atoms with Crippen LogP contribution in [0.15, 0.2) is 66.7 Å². The molecular formula is C31H33F4N3O4. The van der Waals surface area contributed by atoms with Crippen LogP contribution in [0.1, 0.15) is 50.2 Å². The lowest BCUT2D eigenvalue weighted by molar-refractivity contribution is -0.192. The Bertz CT molecular complexity index is 1380. The second-order valence-electron chi connectivity index (χ2n) is 10.2. The van der Waals surface area contributed by atoms with Crippen LogP contribution in [0.3, 0.4) is 0 Å². The molecule has 0 aromatic heterocycles. The third kappa shape index (κ3) is 9.05. The van der Waals surface area contributed by atoms with Gasteiger partial charge in [-0.3, -0.25) is 9.59 Å². The van der Waals surface area contributed by atoms with Crippen LogP contribution < -0.4 is 16.0 Å². The Morgan fingerprint density at radius 2 is 1.40 bits per heavy atom. The largest absolute Gasteiger partial charge is 0.490 e. The molecule has 0 atom stereocenters. The summed E-state index contributed by atoms with van der Waals surface area (Å²) in [4.78, 5) is 33.6. The molecule has 1 aliphatic carbocycles. The topological polar surface area (TPSA) is 108 Å². The van der Waals surface area contributed by atoms with Gasteiger partial charge in [0.2, 0.25) is 11.8 Å². The summed E-state index contributed by atoms with van der Waals surface area (Å²) in [6.07, 6.45) is -0.525. The normalized spacial score (nSPS) is 14.1. The number of carbonyl (C=O) groups is 3. The highest BCUT2D eigenvalue weighted by molar-refractivity contribution is 5.90. The maximum absolute atomic E-state index is 14.7. The third-order valence-corrected chi connectivity index (χ3v) is 6.84. The van der Waals surface area contributed by atoms with Crippen molar-refractivity contribution in [1.29, 1.82) is 0 Å². The molecule has 1 aliphatic rings. The van der Waals surface area contributed by atoms with E-state index < -0.39 is 17.7 Å². The van der Waals surface area contributed by atoms with Gasteiger partial charge < -0.3 is 21.1 Å². The van der Waals surface area contributed by atoms with Crippen LogP contribution in [0.5, 0.6) is 0 Å². The van der Waals surface area contributed by atoms with Crippen LogP contribution in [0.2, 0.25) is 0 Å². The minimum atomic E-state index is -5.08. The van der Waals surface area contributed by atoms with E-state index in [0.717, 1.165) is 54.5 Å². The van der Waals surface area contributed by atoms with Gasteiger partial charge in [-0.2, -0.15) is 13.2 Å². The monoisotopic (exact) mass is 587 g/mol. The smallest absolute Gasteiger partial charge is 0.475 e. The molecule has 0 aliphatic heterocycles. The van der Waals surface area contributed by atoms with Gasteiger partial charge in [0.15, 0.2) is 0 Å². The van der Waals surface area contributed by atoms with Gasteiger partial charge in [-0.15, -0.1) is 0 Å². The van der Waals surface area contributed by atoms with Crippen molar-refractivity contribution in [2.75, 3.05) is 10.6 Å². The van der Waals surface area contributed by atoms with E-state index in [-0.39, 0.29) is 24.2 Å². The molecule has 0 bridgehead atoms. The highest BCUT2D eigenvalue weighted by Gasteiger charge is 2.39.